The number of hydrogen-bond donors (Lipinski definition) is 0. The van der Waals surface area contributed by atoms with Gasteiger partial charge in [-0.3, -0.25) is 0 Å². The summed E-state index contributed by atoms with van der Waals surface area (Å²) in [6, 6.07) is 80.5. The van der Waals surface area contributed by atoms with Crippen LogP contribution < -0.4 is 0 Å². The van der Waals surface area contributed by atoms with Crippen molar-refractivity contribution in [1.82, 2.24) is 15.0 Å². The Morgan fingerprint density at radius 2 is 0.557 bits per heavy atom. The van der Waals surface area contributed by atoms with Crippen LogP contribution in [-0.4, -0.2) is 15.0 Å². The van der Waals surface area contributed by atoms with Gasteiger partial charge in [-0.05, 0) is 90.0 Å². The lowest BCUT2D eigenvalue weighted by Gasteiger charge is -2.30. The monoisotopic (exact) mass is 775 g/mol. The van der Waals surface area contributed by atoms with Crippen LogP contribution in [0.4, 0.5) is 0 Å². The molecule has 0 saturated heterocycles. The van der Waals surface area contributed by atoms with Crippen molar-refractivity contribution < 1.29 is 0 Å². The normalized spacial score (nSPS) is 12.7. The fraction of sp³-hybridized carbons (Fsp3) is 0.0172. The molecule has 0 radical (unpaired) electrons. The van der Waals surface area contributed by atoms with Gasteiger partial charge in [-0.2, -0.15) is 0 Å². The molecule has 3 nitrogen and oxygen atoms in total. The predicted octanol–water partition coefficient (Wildman–Crippen LogP) is 14.2. The number of hydrogen-bond acceptors (Lipinski definition) is 3. The quantitative estimate of drug-likeness (QED) is 0.169. The Morgan fingerprint density at radius 3 is 1.11 bits per heavy atom. The first-order valence-electron chi connectivity index (χ1n) is 20.9. The van der Waals surface area contributed by atoms with E-state index in [0.717, 1.165) is 33.4 Å². The van der Waals surface area contributed by atoms with Crippen molar-refractivity contribution in [3.63, 3.8) is 0 Å². The van der Waals surface area contributed by atoms with Crippen LogP contribution in [0.1, 0.15) is 22.3 Å². The molecule has 0 saturated carbocycles. The summed E-state index contributed by atoms with van der Waals surface area (Å²) in [7, 11) is 0. The first-order valence-corrected chi connectivity index (χ1v) is 20.9. The second-order valence-electron chi connectivity index (χ2n) is 15.9. The number of nitrogens with zero attached hydrogens (tertiary/aromatic N) is 3. The van der Waals surface area contributed by atoms with Crippen molar-refractivity contribution in [3.05, 3.63) is 247 Å². The Labute approximate surface area is 355 Å². The molecule has 9 aromatic carbocycles. The summed E-state index contributed by atoms with van der Waals surface area (Å²) in [4.78, 5) is 15.2. The number of aromatic nitrogens is 3. The molecule has 284 valence electrons. The molecule has 10 aromatic rings. The van der Waals surface area contributed by atoms with Crippen LogP contribution in [0.3, 0.4) is 0 Å². The Hall–Kier alpha value is -8.01. The van der Waals surface area contributed by atoms with Crippen molar-refractivity contribution in [2.24, 2.45) is 0 Å². The zero-order valence-electron chi connectivity index (χ0n) is 33.2. The molecule has 0 unspecified atom stereocenters. The zero-order valence-corrected chi connectivity index (χ0v) is 33.2. The highest BCUT2D eigenvalue weighted by molar-refractivity contribution is 5.97. The largest absolute Gasteiger partial charge is 0.208 e. The minimum absolute atomic E-state index is 0.404. The standard InChI is InChI=1S/C58H37N3/c1-3-16-38(17-4-1)39-30-32-41(33-31-39)56-59-55(40-18-5-2-6-19-40)60-57(61-56)44-21-15-20-42(36-44)45-22-7-8-23-46(45)43-34-35-50-49-26-11-14-29-53(49)58(54(50)37-43)51-27-12-9-24-47(51)48-25-10-13-28-52(48)58/h1-37H. The van der Waals surface area contributed by atoms with Crippen molar-refractivity contribution in [2.45, 2.75) is 5.41 Å². The van der Waals surface area contributed by atoms with Crippen molar-refractivity contribution in [1.29, 1.82) is 0 Å². The van der Waals surface area contributed by atoms with E-state index in [2.05, 4.69) is 200 Å². The number of benzene rings is 9. The smallest absolute Gasteiger partial charge is 0.164 e. The topological polar surface area (TPSA) is 38.7 Å². The first kappa shape index (κ1) is 35.0. The van der Waals surface area contributed by atoms with Gasteiger partial charge < -0.3 is 0 Å². The van der Waals surface area contributed by atoms with Gasteiger partial charge in [0.15, 0.2) is 17.5 Å². The molecule has 0 atom stereocenters. The highest BCUT2D eigenvalue weighted by Crippen LogP contribution is 2.63. The molecule has 1 spiro atoms. The highest BCUT2D eigenvalue weighted by Gasteiger charge is 2.51. The van der Waals surface area contributed by atoms with Crippen LogP contribution in [0.15, 0.2) is 224 Å². The SMILES string of the molecule is c1ccc(-c2ccc(-c3nc(-c4ccccc4)nc(-c4cccc(-c5ccccc5-c5ccc6c(c5)C5(c7ccccc7-c7ccccc75)c5ccccc5-6)c4)n3)cc2)cc1. The molecule has 1 heterocycles. The maximum absolute atomic E-state index is 5.13. The van der Waals surface area contributed by atoms with E-state index in [-0.39, 0.29) is 0 Å². The van der Waals surface area contributed by atoms with Gasteiger partial charge in [-0.15, -0.1) is 0 Å². The molecular weight excluding hydrogens is 739 g/mol. The third-order valence-electron chi connectivity index (χ3n) is 12.6. The molecular formula is C58H37N3. The van der Waals surface area contributed by atoms with Crippen LogP contribution >= 0.6 is 0 Å². The van der Waals surface area contributed by atoms with Gasteiger partial charge in [0.25, 0.3) is 0 Å². The van der Waals surface area contributed by atoms with Gasteiger partial charge in [-0.25, -0.2) is 15.0 Å². The summed E-state index contributed by atoms with van der Waals surface area (Å²) in [6.07, 6.45) is 0. The van der Waals surface area contributed by atoms with Crippen molar-refractivity contribution in [3.8, 4) is 89.8 Å². The Balaban J connectivity index is 0.981. The third kappa shape index (κ3) is 5.55. The van der Waals surface area contributed by atoms with E-state index in [9.17, 15) is 0 Å². The summed E-state index contributed by atoms with van der Waals surface area (Å²) in [5, 5.41) is 0. The summed E-state index contributed by atoms with van der Waals surface area (Å²) < 4.78 is 0. The van der Waals surface area contributed by atoms with E-state index in [1.165, 1.54) is 61.2 Å². The zero-order chi connectivity index (χ0) is 40.3. The average Bonchev–Trinajstić information content (AvgIpc) is 3.82. The van der Waals surface area contributed by atoms with Gasteiger partial charge in [-0.1, -0.05) is 212 Å². The molecule has 61 heavy (non-hydrogen) atoms. The van der Waals surface area contributed by atoms with Gasteiger partial charge in [0.05, 0.1) is 5.41 Å². The van der Waals surface area contributed by atoms with Gasteiger partial charge >= 0.3 is 0 Å². The first-order chi connectivity index (χ1) is 30.2. The van der Waals surface area contributed by atoms with Gasteiger partial charge in [0.2, 0.25) is 0 Å². The summed E-state index contributed by atoms with van der Waals surface area (Å²) in [5.41, 5.74) is 19.9. The molecule has 12 rings (SSSR count). The Bertz CT molecular complexity index is 3230. The van der Waals surface area contributed by atoms with Gasteiger partial charge in [0.1, 0.15) is 0 Å². The third-order valence-corrected chi connectivity index (χ3v) is 12.6. The fourth-order valence-corrected chi connectivity index (χ4v) is 9.87. The lowest BCUT2D eigenvalue weighted by Crippen LogP contribution is -2.25. The van der Waals surface area contributed by atoms with Crippen LogP contribution in [-0.2, 0) is 5.41 Å². The minimum Gasteiger partial charge on any atom is -0.208 e. The number of fused-ring (bicyclic) bond motifs is 10. The minimum atomic E-state index is -0.404. The average molecular weight is 776 g/mol. The summed E-state index contributed by atoms with van der Waals surface area (Å²) in [6.45, 7) is 0. The van der Waals surface area contributed by atoms with E-state index < -0.39 is 5.41 Å². The number of rotatable bonds is 6. The van der Waals surface area contributed by atoms with E-state index in [1.807, 2.05) is 24.3 Å². The second kappa shape index (κ2) is 14.1. The Kier molecular flexibility index (Phi) is 8.07. The van der Waals surface area contributed by atoms with Crippen LogP contribution in [0.2, 0.25) is 0 Å². The van der Waals surface area contributed by atoms with Crippen LogP contribution in [0.5, 0.6) is 0 Å². The summed E-state index contributed by atoms with van der Waals surface area (Å²) >= 11 is 0. The fourth-order valence-electron chi connectivity index (χ4n) is 9.87. The molecule has 0 fully saturated rings. The molecule has 2 aliphatic carbocycles. The maximum atomic E-state index is 5.13. The lowest BCUT2D eigenvalue weighted by molar-refractivity contribution is 0.794. The predicted molar refractivity (Wildman–Crippen MR) is 249 cm³/mol. The molecule has 1 aromatic heterocycles. The molecule has 3 heteroatoms. The molecule has 0 bridgehead atoms. The van der Waals surface area contributed by atoms with Gasteiger partial charge in [0, 0.05) is 16.7 Å². The van der Waals surface area contributed by atoms with Crippen LogP contribution in [0, 0.1) is 0 Å². The molecule has 0 aliphatic heterocycles. The maximum Gasteiger partial charge on any atom is 0.164 e. The van der Waals surface area contributed by atoms with E-state index in [4.69, 9.17) is 15.0 Å². The highest BCUT2D eigenvalue weighted by atomic mass is 15.0. The van der Waals surface area contributed by atoms with Crippen LogP contribution in [0.25, 0.3) is 89.8 Å². The van der Waals surface area contributed by atoms with Crippen molar-refractivity contribution in [2.75, 3.05) is 0 Å². The molecule has 2 aliphatic rings. The van der Waals surface area contributed by atoms with E-state index >= 15 is 0 Å². The lowest BCUT2D eigenvalue weighted by atomic mass is 9.70. The summed E-state index contributed by atoms with van der Waals surface area (Å²) in [5.74, 6) is 1.91. The second-order valence-corrected chi connectivity index (χ2v) is 15.9. The van der Waals surface area contributed by atoms with Crippen molar-refractivity contribution >= 4 is 0 Å². The van der Waals surface area contributed by atoms with E-state index in [1.54, 1.807) is 0 Å². The Morgan fingerprint density at radius 1 is 0.213 bits per heavy atom. The molecule has 0 N–H and O–H groups in total. The van der Waals surface area contributed by atoms with E-state index in [0.29, 0.717) is 17.5 Å². The molecule has 0 amide bonds.